The van der Waals surface area contributed by atoms with Crippen LogP contribution in [0.4, 0.5) is 0 Å². The fraction of sp³-hybridized carbons (Fsp3) is 0.750. The Morgan fingerprint density at radius 3 is 2.55 bits per heavy atom. The predicted octanol–water partition coefficient (Wildman–Crippen LogP) is 1.27. The third-order valence-corrected chi connectivity index (χ3v) is 4.48. The van der Waals surface area contributed by atoms with Crippen LogP contribution in [-0.2, 0) is 20.3 Å². The Balaban J connectivity index is 2.11. The lowest BCUT2D eigenvalue weighted by Gasteiger charge is -2.26. The Morgan fingerprint density at radius 1 is 1.35 bits per heavy atom. The van der Waals surface area contributed by atoms with Crippen LogP contribution in [0.15, 0.2) is 11.2 Å². The smallest absolute Gasteiger partial charge is 0.280 e. The van der Waals surface area contributed by atoms with Gasteiger partial charge in [-0.1, -0.05) is 13.8 Å². The average molecular weight is 322 g/mol. The van der Waals surface area contributed by atoms with E-state index in [0.29, 0.717) is 6.54 Å². The summed E-state index contributed by atoms with van der Waals surface area (Å²) in [5, 5.41) is -0.0650. The van der Waals surface area contributed by atoms with Crippen molar-refractivity contribution >= 4 is 19.7 Å². The van der Waals surface area contributed by atoms with Gasteiger partial charge in [0, 0.05) is 49.0 Å². The third-order valence-electron chi connectivity index (χ3n) is 3.31. The molecule has 20 heavy (non-hydrogen) atoms. The molecule has 1 aliphatic heterocycles. The first kappa shape index (κ1) is 15.8. The van der Waals surface area contributed by atoms with Crippen molar-refractivity contribution in [2.45, 2.75) is 31.3 Å². The second-order valence-electron chi connectivity index (χ2n) is 5.18. The van der Waals surface area contributed by atoms with Gasteiger partial charge in [0.2, 0.25) is 0 Å². The molecule has 0 spiro atoms. The molecule has 114 valence electrons. The highest BCUT2D eigenvalue weighted by molar-refractivity contribution is 8.13. The second kappa shape index (κ2) is 6.43. The number of morpholine rings is 1. The van der Waals surface area contributed by atoms with Gasteiger partial charge in [0.25, 0.3) is 9.05 Å². The van der Waals surface area contributed by atoms with E-state index in [1.807, 2.05) is 18.4 Å². The number of aromatic nitrogens is 2. The van der Waals surface area contributed by atoms with Gasteiger partial charge in [-0.25, -0.2) is 13.4 Å². The van der Waals surface area contributed by atoms with Crippen molar-refractivity contribution in [3.05, 3.63) is 12.0 Å². The molecule has 1 aliphatic rings. The molecule has 0 atom stereocenters. The zero-order valence-electron chi connectivity index (χ0n) is 11.7. The molecular weight excluding hydrogens is 302 g/mol. The minimum absolute atomic E-state index is 0.0650. The monoisotopic (exact) mass is 321 g/mol. The third kappa shape index (κ3) is 3.94. The highest BCUT2D eigenvalue weighted by Crippen LogP contribution is 2.20. The lowest BCUT2D eigenvalue weighted by molar-refractivity contribution is 0.0363. The molecule has 0 saturated carbocycles. The van der Waals surface area contributed by atoms with Crippen LogP contribution < -0.4 is 0 Å². The highest BCUT2D eigenvalue weighted by atomic mass is 35.7. The fourth-order valence-electron chi connectivity index (χ4n) is 2.24. The molecule has 6 nitrogen and oxygen atoms in total. The fourth-order valence-corrected chi connectivity index (χ4v) is 2.92. The van der Waals surface area contributed by atoms with Crippen molar-refractivity contribution in [3.8, 4) is 0 Å². The van der Waals surface area contributed by atoms with E-state index >= 15 is 0 Å². The molecule has 0 unspecified atom stereocenters. The van der Waals surface area contributed by atoms with Crippen LogP contribution in [-0.4, -0.2) is 55.7 Å². The lowest BCUT2D eigenvalue weighted by atomic mass is 10.2. The van der Waals surface area contributed by atoms with Gasteiger partial charge >= 0.3 is 0 Å². The largest absolute Gasteiger partial charge is 0.379 e. The van der Waals surface area contributed by atoms with E-state index in [0.717, 1.165) is 38.7 Å². The molecule has 0 amide bonds. The topological polar surface area (TPSA) is 64.4 Å². The maximum Gasteiger partial charge on any atom is 0.280 e. The Hall–Kier alpha value is -0.630. The summed E-state index contributed by atoms with van der Waals surface area (Å²) in [5.41, 5.74) is 0. The molecule has 1 aromatic rings. The molecule has 0 bridgehead atoms. The van der Waals surface area contributed by atoms with Gasteiger partial charge in [0.15, 0.2) is 5.03 Å². The number of rotatable bonds is 5. The first-order valence-electron chi connectivity index (χ1n) is 6.70. The maximum atomic E-state index is 11.4. The Labute approximate surface area is 124 Å². The summed E-state index contributed by atoms with van der Waals surface area (Å²) >= 11 is 0. The Bertz CT molecular complexity index is 550. The van der Waals surface area contributed by atoms with Crippen molar-refractivity contribution in [1.29, 1.82) is 0 Å². The predicted molar refractivity (Wildman–Crippen MR) is 76.6 cm³/mol. The van der Waals surface area contributed by atoms with Crippen LogP contribution in [0.2, 0.25) is 0 Å². The zero-order chi connectivity index (χ0) is 14.8. The van der Waals surface area contributed by atoms with Crippen molar-refractivity contribution in [2.24, 2.45) is 0 Å². The van der Waals surface area contributed by atoms with Crippen LogP contribution >= 0.6 is 10.7 Å². The molecule has 1 saturated heterocycles. The van der Waals surface area contributed by atoms with E-state index in [-0.39, 0.29) is 10.9 Å². The lowest BCUT2D eigenvalue weighted by Crippen LogP contribution is -2.38. The number of ether oxygens (including phenoxy) is 1. The van der Waals surface area contributed by atoms with Crippen LogP contribution in [0.3, 0.4) is 0 Å². The van der Waals surface area contributed by atoms with Crippen molar-refractivity contribution in [1.82, 2.24) is 14.5 Å². The molecule has 8 heteroatoms. The van der Waals surface area contributed by atoms with Crippen molar-refractivity contribution in [2.75, 3.05) is 32.8 Å². The van der Waals surface area contributed by atoms with E-state index in [4.69, 9.17) is 15.4 Å². The summed E-state index contributed by atoms with van der Waals surface area (Å²) in [4.78, 5) is 6.44. The van der Waals surface area contributed by atoms with E-state index < -0.39 is 9.05 Å². The molecule has 0 aromatic carbocycles. The van der Waals surface area contributed by atoms with Gasteiger partial charge in [-0.05, 0) is 0 Å². The number of hydrogen-bond acceptors (Lipinski definition) is 5. The van der Waals surface area contributed by atoms with Crippen molar-refractivity contribution < 1.29 is 13.2 Å². The number of hydrogen-bond donors (Lipinski definition) is 0. The Morgan fingerprint density at radius 2 is 2.00 bits per heavy atom. The van der Waals surface area contributed by atoms with Crippen LogP contribution in [0.5, 0.6) is 0 Å². The van der Waals surface area contributed by atoms with Gasteiger partial charge in [-0.3, -0.25) is 4.90 Å². The minimum Gasteiger partial charge on any atom is -0.379 e. The molecule has 1 aromatic heterocycles. The number of halogens is 1. The molecule has 0 aliphatic carbocycles. The Kier molecular flexibility index (Phi) is 5.06. The number of nitrogens with zero attached hydrogens (tertiary/aromatic N) is 3. The maximum absolute atomic E-state index is 11.4. The van der Waals surface area contributed by atoms with Gasteiger partial charge < -0.3 is 9.30 Å². The normalized spacial score (nSPS) is 17.8. The van der Waals surface area contributed by atoms with E-state index in [1.165, 1.54) is 6.20 Å². The second-order valence-corrected chi connectivity index (χ2v) is 7.69. The van der Waals surface area contributed by atoms with E-state index in [1.54, 1.807) is 0 Å². The van der Waals surface area contributed by atoms with Crippen molar-refractivity contribution in [3.63, 3.8) is 0 Å². The highest BCUT2D eigenvalue weighted by Gasteiger charge is 2.20. The quantitative estimate of drug-likeness (QED) is 0.764. The van der Waals surface area contributed by atoms with Crippen LogP contribution in [0.1, 0.15) is 25.6 Å². The van der Waals surface area contributed by atoms with Gasteiger partial charge in [0.05, 0.1) is 13.2 Å². The summed E-state index contributed by atoms with van der Waals surface area (Å²) in [5.74, 6) is 0.893. The van der Waals surface area contributed by atoms with Gasteiger partial charge in [-0.15, -0.1) is 0 Å². The zero-order valence-corrected chi connectivity index (χ0v) is 13.3. The summed E-state index contributed by atoms with van der Waals surface area (Å²) in [6.07, 6.45) is 1.53. The summed E-state index contributed by atoms with van der Waals surface area (Å²) in [7, 11) is 1.59. The van der Waals surface area contributed by atoms with Gasteiger partial charge in [0.1, 0.15) is 5.82 Å². The van der Waals surface area contributed by atoms with Crippen LogP contribution in [0.25, 0.3) is 0 Å². The standard InChI is InChI=1S/C12H20ClN3O3S/c1-10(2)12-14-11(20(13,17)18)9-16(12)4-3-15-5-7-19-8-6-15/h9-10H,3-8H2,1-2H3. The molecule has 0 N–H and O–H groups in total. The summed E-state index contributed by atoms with van der Waals surface area (Å²) in [6.45, 7) is 8.84. The summed E-state index contributed by atoms with van der Waals surface area (Å²) in [6, 6.07) is 0. The molecule has 2 heterocycles. The average Bonchev–Trinajstić information content (AvgIpc) is 2.82. The number of imidazole rings is 1. The van der Waals surface area contributed by atoms with E-state index in [9.17, 15) is 8.42 Å². The first-order valence-corrected chi connectivity index (χ1v) is 9.00. The molecular formula is C12H20ClN3O3S. The summed E-state index contributed by atoms with van der Waals surface area (Å²) < 4.78 is 30.0. The van der Waals surface area contributed by atoms with E-state index in [2.05, 4.69) is 9.88 Å². The molecule has 0 radical (unpaired) electrons. The molecule has 1 fully saturated rings. The SMILES string of the molecule is CC(C)c1nc(S(=O)(=O)Cl)cn1CCN1CCOCC1. The first-order chi connectivity index (χ1) is 9.38. The van der Waals surface area contributed by atoms with Crippen LogP contribution in [0, 0.1) is 0 Å². The molecule has 2 rings (SSSR count). The van der Waals surface area contributed by atoms with Gasteiger partial charge in [-0.2, -0.15) is 0 Å². The minimum atomic E-state index is -3.77.